The highest BCUT2D eigenvalue weighted by molar-refractivity contribution is 7.13. The molecule has 0 aliphatic carbocycles. The molecule has 1 aromatic carbocycles. The maximum absolute atomic E-state index is 12.6. The van der Waals surface area contributed by atoms with Crippen molar-refractivity contribution in [1.29, 1.82) is 0 Å². The summed E-state index contributed by atoms with van der Waals surface area (Å²) in [5.41, 5.74) is 8.68. The van der Waals surface area contributed by atoms with Gasteiger partial charge in [-0.1, -0.05) is 6.42 Å². The van der Waals surface area contributed by atoms with Crippen LogP contribution in [0.5, 0.6) is 5.75 Å². The Bertz CT molecular complexity index is 1080. The third-order valence-electron chi connectivity index (χ3n) is 5.28. The van der Waals surface area contributed by atoms with E-state index in [4.69, 9.17) is 10.5 Å². The van der Waals surface area contributed by atoms with Gasteiger partial charge in [0.25, 0.3) is 5.91 Å². The maximum atomic E-state index is 12.6. The van der Waals surface area contributed by atoms with Gasteiger partial charge in [0.1, 0.15) is 16.5 Å². The van der Waals surface area contributed by atoms with E-state index in [0.717, 1.165) is 47.8 Å². The molecule has 4 rings (SSSR count). The van der Waals surface area contributed by atoms with Crippen molar-refractivity contribution in [1.82, 2.24) is 14.9 Å². The van der Waals surface area contributed by atoms with Crippen LogP contribution in [0.3, 0.4) is 0 Å². The number of carbonyl (C=O) groups excluding carboxylic acids is 2. The number of ether oxygens (including phenoxy) is 1. The number of nitrogens with two attached hydrogens (primary N) is 1. The van der Waals surface area contributed by atoms with E-state index in [1.165, 1.54) is 17.8 Å². The number of carbonyl (C=O) groups is 2. The fourth-order valence-electron chi connectivity index (χ4n) is 3.67. The molecule has 1 fully saturated rings. The van der Waals surface area contributed by atoms with Crippen LogP contribution in [-0.4, -0.2) is 53.4 Å². The van der Waals surface area contributed by atoms with Crippen LogP contribution in [0.2, 0.25) is 0 Å². The number of primary amides is 1. The number of H-pyrrole nitrogens is 1. The molecule has 1 aliphatic heterocycles. The first kappa shape index (κ1) is 21.1. The lowest BCUT2D eigenvalue weighted by atomic mass is 10.1. The summed E-state index contributed by atoms with van der Waals surface area (Å²) in [6, 6.07) is 7.30. The fourth-order valence-corrected chi connectivity index (χ4v) is 4.50. The first-order chi connectivity index (χ1) is 15.0. The Morgan fingerprint density at radius 3 is 2.74 bits per heavy atom. The second-order valence-electron chi connectivity index (χ2n) is 7.50. The number of aromatic amines is 1. The number of piperidine rings is 1. The van der Waals surface area contributed by atoms with Crippen LogP contribution in [-0.2, 0) is 4.79 Å². The van der Waals surface area contributed by atoms with Gasteiger partial charge < -0.3 is 20.8 Å². The number of hydrogen-bond donors (Lipinski definition) is 3. The molecule has 31 heavy (non-hydrogen) atoms. The molecular formula is C22H25N5O3S. The molecule has 9 heteroatoms. The van der Waals surface area contributed by atoms with E-state index in [1.807, 2.05) is 23.6 Å². The molecule has 4 N–H and O–H groups in total. The first-order valence-electron chi connectivity index (χ1n) is 10.2. The highest BCUT2D eigenvalue weighted by Gasteiger charge is 2.17. The predicted molar refractivity (Wildman–Crippen MR) is 121 cm³/mol. The van der Waals surface area contributed by atoms with E-state index in [-0.39, 0.29) is 5.91 Å². The quantitative estimate of drug-likeness (QED) is 0.523. The highest BCUT2D eigenvalue weighted by Crippen LogP contribution is 2.34. The number of benzene rings is 1. The van der Waals surface area contributed by atoms with Gasteiger partial charge in [-0.05, 0) is 50.2 Å². The smallest absolute Gasteiger partial charge is 0.265 e. The van der Waals surface area contributed by atoms with Gasteiger partial charge in [0, 0.05) is 22.7 Å². The molecular weight excluding hydrogens is 414 g/mol. The number of nitrogens with zero attached hydrogens (tertiary/aromatic N) is 2. The van der Waals surface area contributed by atoms with Crippen LogP contribution in [0.15, 0.2) is 35.8 Å². The van der Waals surface area contributed by atoms with Crippen molar-refractivity contribution in [2.24, 2.45) is 5.73 Å². The van der Waals surface area contributed by atoms with E-state index < -0.39 is 5.91 Å². The SMILES string of the molecule is COc1ccc(-c2nc(-c3c[nH]c(C(N)=O)c3)cs2)cc1NC(=O)CN1CCCCC1. The summed E-state index contributed by atoms with van der Waals surface area (Å²) in [7, 11) is 1.58. The van der Waals surface area contributed by atoms with Gasteiger partial charge in [-0.25, -0.2) is 4.98 Å². The molecule has 8 nitrogen and oxygen atoms in total. The number of amides is 2. The molecule has 1 saturated heterocycles. The zero-order valence-electron chi connectivity index (χ0n) is 17.3. The molecule has 0 unspecified atom stereocenters. The Balaban J connectivity index is 1.52. The van der Waals surface area contributed by atoms with Crippen molar-refractivity contribution < 1.29 is 14.3 Å². The van der Waals surface area contributed by atoms with Crippen molar-refractivity contribution in [2.45, 2.75) is 19.3 Å². The molecule has 2 amide bonds. The minimum absolute atomic E-state index is 0.0523. The summed E-state index contributed by atoms with van der Waals surface area (Å²) in [4.78, 5) is 33.6. The van der Waals surface area contributed by atoms with Crippen LogP contribution >= 0.6 is 11.3 Å². The fraction of sp³-hybridized carbons (Fsp3) is 0.318. The standard InChI is InChI=1S/C22H25N5O3S/c1-30-19-6-5-14(9-16(19)25-20(28)12-27-7-3-2-4-8-27)22-26-18(13-31-22)15-10-17(21(23)29)24-11-15/h5-6,9-11,13,24H,2-4,7-8,12H2,1H3,(H2,23,29)(H,25,28). The lowest BCUT2D eigenvalue weighted by molar-refractivity contribution is -0.117. The molecule has 1 aliphatic rings. The largest absolute Gasteiger partial charge is 0.495 e. The number of rotatable bonds is 7. The first-order valence-corrected chi connectivity index (χ1v) is 11.1. The number of methoxy groups -OCH3 is 1. The van der Waals surface area contributed by atoms with Gasteiger partial charge in [0.15, 0.2) is 0 Å². The van der Waals surface area contributed by atoms with E-state index >= 15 is 0 Å². The average Bonchev–Trinajstić information content (AvgIpc) is 3.44. The van der Waals surface area contributed by atoms with Crippen molar-refractivity contribution >= 4 is 28.8 Å². The lowest BCUT2D eigenvalue weighted by Crippen LogP contribution is -2.36. The molecule has 0 bridgehead atoms. The molecule has 2 aromatic heterocycles. The average molecular weight is 440 g/mol. The van der Waals surface area contributed by atoms with Gasteiger partial charge in [-0.15, -0.1) is 11.3 Å². The van der Waals surface area contributed by atoms with Gasteiger partial charge in [0.05, 0.1) is 25.0 Å². The van der Waals surface area contributed by atoms with Gasteiger partial charge in [-0.2, -0.15) is 0 Å². The van der Waals surface area contributed by atoms with E-state index in [2.05, 4.69) is 20.2 Å². The number of aromatic nitrogens is 2. The normalized spacial score (nSPS) is 14.4. The van der Waals surface area contributed by atoms with Crippen LogP contribution in [0, 0.1) is 0 Å². The molecule has 3 aromatic rings. The summed E-state index contributed by atoms with van der Waals surface area (Å²) in [6.45, 7) is 2.30. The Labute approximate surface area is 184 Å². The van der Waals surface area contributed by atoms with Crippen molar-refractivity contribution in [3.8, 4) is 27.6 Å². The number of hydrogen-bond acceptors (Lipinski definition) is 6. The summed E-state index contributed by atoms with van der Waals surface area (Å²) in [6.07, 6.45) is 5.22. The lowest BCUT2D eigenvalue weighted by Gasteiger charge is -2.25. The van der Waals surface area contributed by atoms with Crippen molar-refractivity contribution in [3.63, 3.8) is 0 Å². The Morgan fingerprint density at radius 2 is 2.03 bits per heavy atom. The monoisotopic (exact) mass is 439 g/mol. The van der Waals surface area contributed by atoms with E-state index in [1.54, 1.807) is 19.4 Å². The minimum Gasteiger partial charge on any atom is -0.495 e. The third kappa shape index (κ3) is 4.95. The molecule has 0 spiro atoms. The van der Waals surface area contributed by atoms with Crippen molar-refractivity contribution in [3.05, 3.63) is 41.5 Å². The van der Waals surface area contributed by atoms with Crippen LogP contribution in [0.25, 0.3) is 21.8 Å². The van der Waals surface area contributed by atoms with E-state index in [0.29, 0.717) is 23.7 Å². The molecule has 162 valence electrons. The van der Waals surface area contributed by atoms with Gasteiger partial charge >= 0.3 is 0 Å². The Hall–Kier alpha value is -3.17. The molecule has 3 heterocycles. The molecule has 0 radical (unpaired) electrons. The van der Waals surface area contributed by atoms with Crippen LogP contribution in [0.4, 0.5) is 5.69 Å². The maximum Gasteiger partial charge on any atom is 0.265 e. The van der Waals surface area contributed by atoms with E-state index in [9.17, 15) is 9.59 Å². The Kier molecular flexibility index (Phi) is 6.34. The zero-order chi connectivity index (χ0) is 21.8. The predicted octanol–water partition coefficient (Wildman–Crippen LogP) is 3.34. The highest BCUT2D eigenvalue weighted by atomic mass is 32.1. The zero-order valence-corrected chi connectivity index (χ0v) is 18.1. The third-order valence-corrected chi connectivity index (χ3v) is 6.18. The summed E-state index contributed by atoms with van der Waals surface area (Å²) in [5.74, 6) is 0.0366. The Morgan fingerprint density at radius 1 is 1.23 bits per heavy atom. The minimum atomic E-state index is -0.512. The molecule has 0 saturated carbocycles. The number of anilines is 1. The van der Waals surface area contributed by atoms with Crippen LogP contribution in [0.1, 0.15) is 29.8 Å². The second-order valence-corrected chi connectivity index (χ2v) is 8.36. The number of nitrogens with one attached hydrogen (secondary N) is 2. The summed E-state index contributed by atoms with van der Waals surface area (Å²) >= 11 is 1.48. The molecule has 0 atom stereocenters. The van der Waals surface area contributed by atoms with Gasteiger partial charge in [-0.3, -0.25) is 14.5 Å². The number of thiazole rings is 1. The van der Waals surface area contributed by atoms with Crippen LogP contribution < -0.4 is 15.8 Å². The summed E-state index contributed by atoms with van der Waals surface area (Å²) in [5, 5.41) is 5.70. The number of likely N-dealkylation sites (tertiary alicyclic amines) is 1. The topological polar surface area (TPSA) is 113 Å². The summed E-state index contributed by atoms with van der Waals surface area (Å²) < 4.78 is 5.43. The second kappa shape index (κ2) is 9.32. The van der Waals surface area contributed by atoms with Crippen molar-refractivity contribution in [2.75, 3.05) is 32.1 Å². The van der Waals surface area contributed by atoms with Gasteiger partial charge in [0.2, 0.25) is 5.91 Å².